The lowest BCUT2D eigenvalue weighted by molar-refractivity contribution is -0.173. The van der Waals surface area contributed by atoms with Crippen LogP contribution in [-0.2, 0) is 4.74 Å². The van der Waals surface area contributed by atoms with E-state index in [2.05, 4.69) is 15.0 Å². The lowest BCUT2D eigenvalue weighted by Gasteiger charge is -2.09. The molecule has 0 aliphatic rings. The summed E-state index contributed by atoms with van der Waals surface area (Å²) in [5.41, 5.74) is 5.48. The number of halogens is 3. The van der Waals surface area contributed by atoms with E-state index in [1.807, 2.05) is 13.8 Å². The molecule has 16 heavy (non-hydrogen) atoms. The standard InChI is InChI=1S/C9H18F3N3O/c1-7(2)15-8(13)14-4-3-5-16-6-9(10,11)12/h7H,3-6H2,1-2H3,(H3,13,14,15). The molecule has 0 aromatic carbocycles. The number of nitrogens with two attached hydrogens (primary N) is 1. The number of guanidine groups is 1. The zero-order valence-electron chi connectivity index (χ0n) is 9.47. The number of nitrogens with one attached hydrogen (secondary N) is 1. The van der Waals surface area contributed by atoms with Gasteiger partial charge in [0.2, 0.25) is 0 Å². The third-order valence-electron chi connectivity index (χ3n) is 1.43. The van der Waals surface area contributed by atoms with E-state index in [-0.39, 0.29) is 12.6 Å². The van der Waals surface area contributed by atoms with Crippen LogP contribution in [-0.4, -0.2) is 37.9 Å². The largest absolute Gasteiger partial charge is 0.411 e. The summed E-state index contributed by atoms with van der Waals surface area (Å²) in [6.07, 6.45) is -3.85. The smallest absolute Gasteiger partial charge is 0.372 e. The van der Waals surface area contributed by atoms with Crippen LogP contribution in [0.1, 0.15) is 20.3 Å². The Morgan fingerprint density at radius 2 is 2.06 bits per heavy atom. The normalized spacial score (nSPS) is 13.2. The topological polar surface area (TPSA) is 59.6 Å². The van der Waals surface area contributed by atoms with Gasteiger partial charge in [-0.25, -0.2) is 0 Å². The molecule has 0 aromatic heterocycles. The van der Waals surface area contributed by atoms with Crippen molar-refractivity contribution in [2.24, 2.45) is 10.7 Å². The Bertz CT molecular complexity index is 217. The molecule has 0 saturated carbocycles. The van der Waals surface area contributed by atoms with Crippen LogP contribution in [0.2, 0.25) is 0 Å². The lowest BCUT2D eigenvalue weighted by atomic mass is 10.4. The minimum Gasteiger partial charge on any atom is -0.372 e. The molecule has 0 aliphatic carbocycles. The fraction of sp³-hybridized carbons (Fsp3) is 0.889. The highest BCUT2D eigenvalue weighted by Crippen LogP contribution is 2.14. The third-order valence-corrected chi connectivity index (χ3v) is 1.43. The van der Waals surface area contributed by atoms with Gasteiger partial charge < -0.3 is 15.8 Å². The van der Waals surface area contributed by atoms with Crippen LogP contribution in [0.3, 0.4) is 0 Å². The summed E-state index contributed by atoms with van der Waals surface area (Å²) in [6, 6.07) is 0.185. The molecule has 0 aromatic rings. The maximum Gasteiger partial charge on any atom is 0.411 e. The first-order chi connectivity index (χ1) is 7.31. The Hall–Kier alpha value is -0.980. The molecule has 0 aliphatic heterocycles. The van der Waals surface area contributed by atoms with Gasteiger partial charge in [-0.3, -0.25) is 4.99 Å². The molecule has 0 rings (SSSR count). The second kappa shape index (κ2) is 7.32. The van der Waals surface area contributed by atoms with E-state index in [0.717, 1.165) is 0 Å². The van der Waals surface area contributed by atoms with E-state index in [0.29, 0.717) is 18.9 Å². The van der Waals surface area contributed by atoms with Gasteiger partial charge in [-0.15, -0.1) is 0 Å². The van der Waals surface area contributed by atoms with Crippen molar-refractivity contribution in [1.29, 1.82) is 0 Å². The number of rotatable bonds is 6. The first-order valence-corrected chi connectivity index (χ1v) is 5.02. The summed E-state index contributed by atoms with van der Waals surface area (Å²) in [7, 11) is 0. The molecule has 0 heterocycles. The van der Waals surface area contributed by atoms with E-state index in [4.69, 9.17) is 5.73 Å². The molecule has 0 saturated heterocycles. The summed E-state index contributed by atoms with van der Waals surface area (Å²) >= 11 is 0. The number of nitrogens with zero attached hydrogens (tertiary/aromatic N) is 1. The van der Waals surface area contributed by atoms with Crippen LogP contribution < -0.4 is 11.1 Å². The van der Waals surface area contributed by atoms with Gasteiger partial charge in [0.25, 0.3) is 0 Å². The van der Waals surface area contributed by atoms with Gasteiger partial charge in [-0.1, -0.05) is 0 Å². The highest BCUT2D eigenvalue weighted by Gasteiger charge is 2.27. The molecule has 0 spiro atoms. The average molecular weight is 241 g/mol. The summed E-state index contributed by atoms with van der Waals surface area (Å²) in [5.74, 6) is 0.297. The molecule has 4 nitrogen and oxygen atoms in total. The van der Waals surface area contributed by atoms with Crippen molar-refractivity contribution < 1.29 is 17.9 Å². The fourth-order valence-electron chi connectivity index (χ4n) is 0.895. The number of ether oxygens (including phenoxy) is 1. The SMILES string of the molecule is CC(C)NC(N)=NCCCOCC(F)(F)F. The monoisotopic (exact) mass is 241 g/mol. The number of hydrogen-bond acceptors (Lipinski definition) is 2. The first kappa shape index (κ1) is 15.0. The van der Waals surface area contributed by atoms with Crippen molar-refractivity contribution >= 4 is 5.96 Å². The molecule has 0 unspecified atom stereocenters. The van der Waals surface area contributed by atoms with E-state index in [9.17, 15) is 13.2 Å². The maximum atomic E-state index is 11.7. The predicted molar refractivity (Wildman–Crippen MR) is 56.3 cm³/mol. The van der Waals surface area contributed by atoms with E-state index >= 15 is 0 Å². The molecular weight excluding hydrogens is 223 g/mol. The van der Waals surface area contributed by atoms with Gasteiger partial charge in [-0.2, -0.15) is 13.2 Å². The molecule has 0 bridgehead atoms. The van der Waals surface area contributed by atoms with Gasteiger partial charge in [0.05, 0.1) is 0 Å². The van der Waals surface area contributed by atoms with Crippen LogP contribution >= 0.6 is 0 Å². The van der Waals surface area contributed by atoms with Gasteiger partial charge in [0.15, 0.2) is 5.96 Å². The summed E-state index contributed by atoms with van der Waals surface area (Å²) in [5, 5.41) is 2.86. The second-order valence-electron chi connectivity index (χ2n) is 3.59. The van der Waals surface area contributed by atoms with Crippen LogP contribution in [0.15, 0.2) is 4.99 Å². The maximum absolute atomic E-state index is 11.7. The number of alkyl halides is 3. The van der Waals surface area contributed by atoms with Crippen molar-refractivity contribution in [2.45, 2.75) is 32.5 Å². The van der Waals surface area contributed by atoms with Crippen molar-refractivity contribution in [3.63, 3.8) is 0 Å². The highest BCUT2D eigenvalue weighted by molar-refractivity contribution is 5.77. The third kappa shape index (κ3) is 11.1. The molecule has 7 heteroatoms. The van der Waals surface area contributed by atoms with Crippen molar-refractivity contribution in [1.82, 2.24) is 5.32 Å². The van der Waals surface area contributed by atoms with Crippen LogP contribution in [0.4, 0.5) is 13.2 Å². The molecule has 0 radical (unpaired) electrons. The quantitative estimate of drug-likeness (QED) is 0.418. The van der Waals surface area contributed by atoms with Gasteiger partial charge in [-0.05, 0) is 20.3 Å². The van der Waals surface area contributed by atoms with Crippen molar-refractivity contribution in [3.05, 3.63) is 0 Å². The summed E-state index contributed by atoms with van der Waals surface area (Å²) < 4.78 is 39.4. The Labute approximate surface area is 93.1 Å². The summed E-state index contributed by atoms with van der Waals surface area (Å²) in [6.45, 7) is 2.99. The van der Waals surface area contributed by atoms with Crippen LogP contribution in [0.5, 0.6) is 0 Å². The van der Waals surface area contributed by atoms with E-state index in [1.54, 1.807) is 0 Å². The minimum atomic E-state index is -4.26. The Morgan fingerprint density at radius 3 is 2.56 bits per heavy atom. The molecule has 0 atom stereocenters. The number of aliphatic imine (C=N–C) groups is 1. The minimum absolute atomic E-state index is 0.0258. The predicted octanol–water partition coefficient (Wildman–Crippen LogP) is 1.27. The Kier molecular flexibility index (Phi) is 6.87. The fourth-order valence-corrected chi connectivity index (χ4v) is 0.895. The average Bonchev–Trinajstić information content (AvgIpc) is 2.07. The van der Waals surface area contributed by atoms with Gasteiger partial charge in [0.1, 0.15) is 6.61 Å². The molecule has 3 N–H and O–H groups in total. The van der Waals surface area contributed by atoms with E-state index < -0.39 is 12.8 Å². The zero-order chi connectivity index (χ0) is 12.6. The highest BCUT2D eigenvalue weighted by atomic mass is 19.4. The van der Waals surface area contributed by atoms with Crippen molar-refractivity contribution in [2.75, 3.05) is 19.8 Å². The van der Waals surface area contributed by atoms with Crippen LogP contribution in [0, 0.1) is 0 Å². The zero-order valence-corrected chi connectivity index (χ0v) is 9.47. The van der Waals surface area contributed by atoms with Crippen LogP contribution in [0.25, 0.3) is 0 Å². The van der Waals surface area contributed by atoms with Crippen molar-refractivity contribution in [3.8, 4) is 0 Å². The molecule has 0 amide bonds. The second-order valence-corrected chi connectivity index (χ2v) is 3.59. The molecule has 96 valence electrons. The molecular formula is C9H18F3N3O. The van der Waals surface area contributed by atoms with Gasteiger partial charge in [0, 0.05) is 19.2 Å². The summed E-state index contributed by atoms with van der Waals surface area (Å²) in [4.78, 5) is 3.92. The lowest BCUT2D eigenvalue weighted by Crippen LogP contribution is -2.36. The van der Waals surface area contributed by atoms with E-state index in [1.165, 1.54) is 0 Å². The molecule has 0 fully saturated rings. The van der Waals surface area contributed by atoms with Gasteiger partial charge >= 0.3 is 6.18 Å². The Morgan fingerprint density at radius 1 is 1.44 bits per heavy atom. The number of hydrogen-bond donors (Lipinski definition) is 2. The first-order valence-electron chi connectivity index (χ1n) is 5.02. The Balaban J connectivity index is 3.46.